The molecular weight excluding hydrogens is 306 g/mol. The minimum atomic E-state index is -3.45. The number of hydrogen-bond donors (Lipinski definition) is 1. The van der Waals surface area contributed by atoms with Crippen LogP contribution >= 0.6 is 15.9 Å². The van der Waals surface area contributed by atoms with Gasteiger partial charge in [0.15, 0.2) is 0 Å². The van der Waals surface area contributed by atoms with E-state index in [1.54, 1.807) is 25.6 Å². The summed E-state index contributed by atoms with van der Waals surface area (Å²) in [6.45, 7) is 5.85. The van der Waals surface area contributed by atoms with Crippen LogP contribution in [0.4, 0.5) is 0 Å². The lowest BCUT2D eigenvalue weighted by atomic mass is 10.3. The van der Waals surface area contributed by atoms with E-state index in [0.29, 0.717) is 27.7 Å². The smallest absolute Gasteiger partial charge is 0.244 e. The Bertz CT molecular complexity index is 494. The van der Waals surface area contributed by atoms with E-state index >= 15 is 0 Å². The number of halogens is 1. The highest BCUT2D eigenvalue weighted by atomic mass is 79.9. The maximum atomic E-state index is 12.1. The third-order valence-corrected chi connectivity index (χ3v) is 4.72. The SMILES string of the molecule is Cc1nn(C)c(C)c1S(=O)(=O)NCCC(C)Br. The minimum absolute atomic E-state index is 0.293. The fourth-order valence-corrected chi connectivity index (χ4v) is 3.32. The fourth-order valence-electron chi connectivity index (χ4n) is 1.61. The molecule has 0 aliphatic heterocycles. The summed E-state index contributed by atoms with van der Waals surface area (Å²) in [6, 6.07) is 0. The number of sulfonamides is 1. The summed E-state index contributed by atoms with van der Waals surface area (Å²) in [4.78, 5) is 0.587. The van der Waals surface area contributed by atoms with Gasteiger partial charge in [0.05, 0.1) is 11.4 Å². The largest absolute Gasteiger partial charge is 0.271 e. The molecule has 0 aliphatic carbocycles. The van der Waals surface area contributed by atoms with Crippen LogP contribution in [0.2, 0.25) is 0 Å². The lowest BCUT2D eigenvalue weighted by Crippen LogP contribution is -2.26. The van der Waals surface area contributed by atoms with E-state index in [1.165, 1.54) is 0 Å². The Hall–Kier alpha value is -0.400. The zero-order valence-corrected chi connectivity index (χ0v) is 12.9. The zero-order valence-electron chi connectivity index (χ0n) is 10.5. The number of nitrogens with zero attached hydrogens (tertiary/aromatic N) is 2. The van der Waals surface area contributed by atoms with E-state index in [4.69, 9.17) is 0 Å². The maximum absolute atomic E-state index is 12.1. The van der Waals surface area contributed by atoms with Crippen molar-refractivity contribution in [1.82, 2.24) is 14.5 Å². The van der Waals surface area contributed by atoms with Gasteiger partial charge >= 0.3 is 0 Å². The van der Waals surface area contributed by atoms with Crippen LogP contribution in [-0.4, -0.2) is 29.6 Å². The summed E-state index contributed by atoms with van der Waals surface area (Å²) < 4.78 is 28.3. The molecule has 0 bridgehead atoms. The van der Waals surface area contributed by atoms with Crippen molar-refractivity contribution >= 4 is 26.0 Å². The van der Waals surface area contributed by atoms with Crippen LogP contribution in [0.15, 0.2) is 4.90 Å². The Morgan fingerprint density at radius 1 is 1.47 bits per heavy atom. The Morgan fingerprint density at radius 2 is 2.06 bits per heavy atom. The molecule has 0 radical (unpaired) electrons. The Morgan fingerprint density at radius 3 is 2.47 bits per heavy atom. The molecule has 0 saturated carbocycles. The van der Waals surface area contributed by atoms with Crippen molar-refractivity contribution in [2.75, 3.05) is 6.54 Å². The van der Waals surface area contributed by atoms with E-state index < -0.39 is 10.0 Å². The third-order valence-electron chi connectivity index (χ3n) is 2.55. The second-order valence-electron chi connectivity index (χ2n) is 4.09. The lowest BCUT2D eigenvalue weighted by Gasteiger charge is -2.08. The summed E-state index contributed by atoms with van der Waals surface area (Å²) in [7, 11) is -1.71. The number of nitrogens with one attached hydrogen (secondary N) is 1. The molecule has 7 heteroatoms. The second-order valence-corrected chi connectivity index (χ2v) is 7.36. The molecule has 0 spiro atoms. The number of aromatic nitrogens is 2. The minimum Gasteiger partial charge on any atom is -0.271 e. The molecule has 1 aromatic heterocycles. The molecule has 1 heterocycles. The quantitative estimate of drug-likeness (QED) is 0.835. The summed E-state index contributed by atoms with van der Waals surface area (Å²) in [5.41, 5.74) is 1.19. The molecule has 1 rings (SSSR count). The van der Waals surface area contributed by atoms with Crippen LogP contribution in [0, 0.1) is 13.8 Å². The van der Waals surface area contributed by atoms with Crippen molar-refractivity contribution in [2.45, 2.75) is 36.9 Å². The molecule has 0 aromatic carbocycles. The number of rotatable bonds is 5. The van der Waals surface area contributed by atoms with Gasteiger partial charge in [-0.15, -0.1) is 0 Å². The first-order valence-corrected chi connectivity index (χ1v) is 7.79. The Kier molecular flexibility index (Phi) is 4.74. The van der Waals surface area contributed by atoms with Crippen molar-refractivity contribution < 1.29 is 8.42 Å². The molecule has 0 aliphatic rings. The van der Waals surface area contributed by atoms with Crippen LogP contribution in [0.3, 0.4) is 0 Å². The average molecular weight is 324 g/mol. The second kappa shape index (κ2) is 5.49. The van der Waals surface area contributed by atoms with Crippen molar-refractivity contribution in [2.24, 2.45) is 7.05 Å². The van der Waals surface area contributed by atoms with Gasteiger partial charge in [-0.2, -0.15) is 5.10 Å². The Labute approximate surface area is 111 Å². The monoisotopic (exact) mass is 323 g/mol. The highest BCUT2D eigenvalue weighted by molar-refractivity contribution is 9.09. The van der Waals surface area contributed by atoms with Crippen LogP contribution in [0.1, 0.15) is 24.7 Å². The molecule has 98 valence electrons. The third kappa shape index (κ3) is 3.53. The van der Waals surface area contributed by atoms with Crippen molar-refractivity contribution in [3.8, 4) is 0 Å². The predicted molar refractivity (Wildman–Crippen MR) is 70.9 cm³/mol. The first kappa shape index (κ1) is 14.7. The van der Waals surface area contributed by atoms with Gasteiger partial charge in [0.25, 0.3) is 0 Å². The van der Waals surface area contributed by atoms with E-state index in [2.05, 4.69) is 25.8 Å². The topological polar surface area (TPSA) is 64.0 Å². The van der Waals surface area contributed by atoms with Crippen LogP contribution < -0.4 is 4.72 Å². The van der Waals surface area contributed by atoms with Crippen LogP contribution in [0.5, 0.6) is 0 Å². The van der Waals surface area contributed by atoms with Crippen molar-refractivity contribution in [3.05, 3.63) is 11.4 Å². The zero-order chi connectivity index (χ0) is 13.2. The number of hydrogen-bond acceptors (Lipinski definition) is 3. The van der Waals surface area contributed by atoms with E-state index in [0.717, 1.165) is 6.42 Å². The molecule has 1 atom stereocenters. The predicted octanol–water partition coefficient (Wildman–Crippen LogP) is 1.49. The maximum Gasteiger partial charge on any atom is 0.244 e. The average Bonchev–Trinajstić information content (AvgIpc) is 2.40. The molecule has 0 amide bonds. The normalized spacial score (nSPS) is 13.9. The first-order valence-electron chi connectivity index (χ1n) is 5.39. The van der Waals surface area contributed by atoms with E-state index in [9.17, 15) is 8.42 Å². The number of alkyl halides is 1. The molecule has 5 nitrogen and oxygen atoms in total. The molecule has 1 N–H and O–H groups in total. The van der Waals surface area contributed by atoms with Crippen LogP contribution in [-0.2, 0) is 17.1 Å². The van der Waals surface area contributed by atoms with Crippen LogP contribution in [0.25, 0.3) is 0 Å². The van der Waals surface area contributed by atoms with Crippen molar-refractivity contribution in [3.63, 3.8) is 0 Å². The molecule has 0 saturated heterocycles. The molecule has 1 aromatic rings. The van der Waals surface area contributed by atoms with Gasteiger partial charge in [-0.05, 0) is 20.3 Å². The molecule has 0 fully saturated rings. The van der Waals surface area contributed by atoms with Gasteiger partial charge in [-0.3, -0.25) is 4.68 Å². The Balaban J connectivity index is 2.90. The van der Waals surface area contributed by atoms with Gasteiger partial charge in [0.2, 0.25) is 10.0 Å². The van der Waals surface area contributed by atoms with Gasteiger partial charge in [0.1, 0.15) is 4.90 Å². The molecular formula is C10H18BrN3O2S. The fraction of sp³-hybridized carbons (Fsp3) is 0.700. The molecule has 1 unspecified atom stereocenters. The van der Waals surface area contributed by atoms with Gasteiger partial charge in [0, 0.05) is 18.4 Å². The van der Waals surface area contributed by atoms with Crippen molar-refractivity contribution in [1.29, 1.82) is 0 Å². The van der Waals surface area contributed by atoms with Gasteiger partial charge < -0.3 is 0 Å². The van der Waals surface area contributed by atoms with Gasteiger partial charge in [-0.25, -0.2) is 13.1 Å². The van der Waals surface area contributed by atoms with Gasteiger partial charge in [-0.1, -0.05) is 22.9 Å². The van der Waals surface area contributed by atoms with E-state index in [-0.39, 0.29) is 0 Å². The lowest BCUT2D eigenvalue weighted by molar-refractivity contribution is 0.577. The highest BCUT2D eigenvalue weighted by Gasteiger charge is 2.23. The highest BCUT2D eigenvalue weighted by Crippen LogP contribution is 2.18. The standard InChI is InChI=1S/C10H18BrN3O2S/c1-7(11)5-6-12-17(15,16)10-8(2)13-14(4)9(10)3/h7,12H,5-6H2,1-4H3. The molecule has 17 heavy (non-hydrogen) atoms. The number of aryl methyl sites for hydroxylation is 2. The summed E-state index contributed by atoms with van der Waals surface area (Å²) >= 11 is 3.38. The summed E-state index contributed by atoms with van der Waals surface area (Å²) in [5.74, 6) is 0. The summed E-state index contributed by atoms with van der Waals surface area (Å²) in [5, 5.41) is 4.11. The summed E-state index contributed by atoms with van der Waals surface area (Å²) in [6.07, 6.45) is 0.748. The van der Waals surface area contributed by atoms with E-state index in [1.807, 2.05) is 6.92 Å². The first-order chi connectivity index (χ1) is 7.75.